The van der Waals surface area contributed by atoms with Crippen LogP contribution in [-0.2, 0) is 10.8 Å². The minimum atomic E-state index is -0.0991. The van der Waals surface area contributed by atoms with Gasteiger partial charge in [-0.2, -0.15) is 0 Å². The van der Waals surface area contributed by atoms with Gasteiger partial charge in [0.25, 0.3) is 0 Å². The third kappa shape index (κ3) is 2.63. The molecule has 0 aliphatic rings. The van der Waals surface area contributed by atoms with Gasteiger partial charge >= 0.3 is 0 Å². The molecular formula is C15H23F. The van der Waals surface area contributed by atoms with Crippen LogP contribution in [-0.4, -0.2) is 0 Å². The van der Waals surface area contributed by atoms with Gasteiger partial charge < -0.3 is 0 Å². The SMILES string of the molecule is Cc1cc(C(C)(C)C)c(C(C)(C)C)cc1F. The lowest BCUT2D eigenvalue weighted by molar-refractivity contribution is 0.519. The van der Waals surface area contributed by atoms with E-state index in [0.717, 1.165) is 11.1 Å². The van der Waals surface area contributed by atoms with Gasteiger partial charge in [0, 0.05) is 0 Å². The van der Waals surface area contributed by atoms with Crippen molar-refractivity contribution in [2.75, 3.05) is 0 Å². The molecule has 0 aromatic heterocycles. The highest BCUT2D eigenvalue weighted by Gasteiger charge is 2.26. The van der Waals surface area contributed by atoms with E-state index in [2.05, 4.69) is 41.5 Å². The fraction of sp³-hybridized carbons (Fsp3) is 0.600. The fourth-order valence-corrected chi connectivity index (χ4v) is 1.92. The molecular weight excluding hydrogens is 199 g/mol. The van der Waals surface area contributed by atoms with Crippen LogP contribution in [0.3, 0.4) is 0 Å². The largest absolute Gasteiger partial charge is 0.207 e. The van der Waals surface area contributed by atoms with Gasteiger partial charge in [0.1, 0.15) is 5.82 Å². The van der Waals surface area contributed by atoms with E-state index < -0.39 is 0 Å². The molecule has 0 bridgehead atoms. The maximum absolute atomic E-state index is 13.7. The molecule has 0 radical (unpaired) electrons. The van der Waals surface area contributed by atoms with Crippen LogP contribution < -0.4 is 0 Å². The Kier molecular flexibility index (Phi) is 3.20. The zero-order chi connectivity index (χ0) is 12.7. The van der Waals surface area contributed by atoms with Crippen molar-refractivity contribution in [1.82, 2.24) is 0 Å². The van der Waals surface area contributed by atoms with Gasteiger partial charge in [0.05, 0.1) is 0 Å². The maximum atomic E-state index is 13.7. The Labute approximate surface area is 98.9 Å². The van der Waals surface area contributed by atoms with Crippen LogP contribution in [0.25, 0.3) is 0 Å². The van der Waals surface area contributed by atoms with E-state index in [1.807, 2.05) is 13.0 Å². The van der Waals surface area contributed by atoms with E-state index in [1.165, 1.54) is 5.56 Å². The van der Waals surface area contributed by atoms with Crippen molar-refractivity contribution in [3.05, 3.63) is 34.6 Å². The second-order valence-corrected chi connectivity index (χ2v) is 6.65. The van der Waals surface area contributed by atoms with E-state index >= 15 is 0 Å². The molecule has 0 aliphatic carbocycles. The average Bonchev–Trinajstić information content (AvgIpc) is 2.05. The van der Waals surface area contributed by atoms with E-state index in [9.17, 15) is 4.39 Å². The van der Waals surface area contributed by atoms with Crippen LogP contribution in [0.4, 0.5) is 4.39 Å². The minimum Gasteiger partial charge on any atom is -0.207 e. The van der Waals surface area contributed by atoms with Gasteiger partial charge in [-0.1, -0.05) is 47.6 Å². The zero-order valence-corrected chi connectivity index (χ0v) is 11.5. The van der Waals surface area contributed by atoms with Gasteiger partial charge in [-0.3, -0.25) is 0 Å². The first kappa shape index (κ1) is 13.2. The summed E-state index contributed by atoms with van der Waals surface area (Å²) in [6, 6.07) is 3.70. The molecule has 1 aromatic carbocycles. The molecule has 0 aliphatic heterocycles. The van der Waals surface area contributed by atoms with Crippen LogP contribution in [0.1, 0.15) is 58.2 Å². The summed E-state index contributed by atoms with van der Waals surface area (Å²) in [5.41, 5.74) is 3.14. The number of rotatable bonds is 0. The molecule has 0 saturated heterocycles. The Morgan fingerprint density at radius 3 is 1.56 bits per heavy atom. The number of halogens is 1. The molecule has 16 heavy (non-hydrogen) atoms. The quantitative estimate of drug-likeness (QED) is 0.595. The van der Waals surface area contributed by atoms with Gasteiger partial charge in [-0.05, 0) is 40.5 Å². The van der Waals surface area contributed by atoms with Crippen molar-refractivity contribution in [2.24, 2.45) is 0 Å². The molecule has 0 spiro atoms. The van der Waals surface area contributed by atoms with Crippen molar-refractivity contribution in [1.29, 1.82) is 0 Å². The zero-order valence-electron chi connectivity index (χ0n) is 11.5. The van der Waals surface area contributed by atoms with Crippen molar-refractivity contribution in [3.8, 4) is 0 Å². The topological polar surface area (TPSA) is 0 Å². The van der Waals surface area contributed by atoms with Crippen LogP contribution >= 0.6 is 0 Å². The Morgan fingerprint density at radius 2 is 1.19 bits per heavy atom. The molecule has 0 heterocycles. The molecule has 1 heteroatoms. The molecule has 0 N–H and O–H groups in total. The lowest BCUT2D eigenvalue weighted by atomic mass is 9.74. The minimum absolute atomic E-state index is 0.0167. The smallest absolute Gasteiger partial charge is 0.126 e. The number of benzene rings is 1. The highest BCUT2D eigenvalue weighted by atomic mass is 19.1. The van der Waals surface area contributed by atoms with Crippen LogP contribution in [0, 0.1) is 12.7 Å². The third-order valence-corrected chi connectivity index (χ3v) is 2.91. The lowest BCUT2D eigenvalue weighted by Gasteiger charge is -2.30. The first-order valence-electron chi connectivity index (χ1n) is 5.84. The molecule has 90 valence electrons. The summed E-state index contributed by atoms with van der Waals surface area (Å²) in [5.74, 6) is -0.0991. The molecule has 0 unspecified atom stereocenters. The predicted molar refractivity (Wildman–Crippen MR) is 68.5 cm³/mol. The average molecular weight is 222 g/mol. The summed E-state index contributed by atoms with van der Waals surface area (Å²) in [4.78, 5) is 0. The summed E-state index contributed by atoms with van der Waals surface area (Å²) in [6.45, 7) is 14.8. The highest BCUT2D eigenvalue weighted by Crippen LogP contribution is 2.35. The first-order chi connectivity index (χ1) is 7.03. The van der Waals surface area contributed by atoms with E-state index in [4.69, 9.17) is 0 Å². The Bertz CT molecular complexity index is 350. The van der Waals surface area contributed by atoms with Crippen molar-refractivity contribution >= 4 is 0 Å². The predicted octanol–water partition coefficient (Wildman–Crippen LogP) is 4.73. The molecule has 1 rings (SSSR count). The first-order valence-corrected chi connectivity index (χ1v) is 5.84. The molecule has 0 nitrogen and oxygen atoms in total. The van der Waals surface area contributed by atoms with Gasteiger partial charge in [-0.25, -0.2) is 4.39 Å². The summed E-state index contributed by atoms with van der Waals surface area (Å²) >= 11 is 0. The monoisotopic (exact) mass is 222 g/mol. The van der Waals surface area contributed by atoms with Gasteiger partial charge in [-0.15, -0.1) is 0 Å². The summed E-state index contributed by atoms with van der Waals surface area (Å²) in [5, 5.41) is 0. The normalized spacial score (nSPS) is 13.0. The molecule has 1 aromatic rings. The lowest BCUT2D eigenvalue weighted by Crippen LogP contribution is -2.22. The van der Waals surface area contributed by atoms with E-state index in [0.29, 0.717) is 0 Å². The number of aryl methyl sites for hydroxylation is 1. The Morgan fingerprint density at radius 1 is 0.812 bits per heavy atom. The highest BCUT2D eigenvalue weighted by molar-refractivity contribution is 5.41. The van der Waals surface area contributed by atoms with Gasteiger partial charge in [0.15, 0.2) is 0 Å². The molecule has 0 amide bonds. The standard InChI is InChI=1S/C15H23F/c1-10-8-11(14(2,3)4)12(9-13(10)16)15(5,6)7/h8-9H,1-7H3. The van der Waals surface area contributed by atoms with Crippen molar-refractivity contribution in [3.63, 3.8) is 0 Å². The maximum Gasteiger partial charge on any atom is 0.126 e. The summed E-state index contributed by atoms with van der Waals surface area (Å²) < 4.78 is 13.7. The van der Waals surface area contributed by atoms with Gasteiger partial charge in [0.2, 0.25) is 0 Å². The third-order valence-electron chi connectivity index (χ3n) is 2.91. The molecule has 0 saturated carbocycles. The second kappa shape index (κ2) is 3.87. The fourth-order valence-electron chi connectivity index (χ4n) is 1.92. The van der Waals surface area contributed by atoms with Crippen molar-refractivity contribution in [2.45, 2.75) is 59.3 Å². The Hall–Kier alpha value is -0.850. The number of hydrogen-bond donors (Lipinski definition) is 0. The van der Waals surface area contributed by atoms with E-state index in [-0.39, 0.29) is 16.6 Å². The summed E-state index contributed by atoms with van der Waals surface area (Å²) in [6.07, 6.45) is 0. The number of hydrogen-bond acceptors (Lipinski definition) is 0. The van der Waals surface area contributed by atoms with E-state index in [1.54, 1.807) is 6.07 Å². The molecule has 0 fully saturated rings. The van der Waals surface area contributed by atoms with Crippen LogP contribution in [0.15, 0.2) is 12.1 Å². The summed E-state index contributed by atoms with van der Waals surface area (Å²) in [7, 11) is 0. The molecule has 0 atom stereocenters. The second-order valence-electron chi connectivity index (χ2n) is 6.65. The van der Waals surface area contributed by atoms with Crippen molar-refractivity contribution < 1.29 is 4.39 Å². The Balaban J connectivity index is 3.53. The van der Waals surface area contributed by atoms with Crippen LogP contribution in [0.5, 0.6) is 0 Å². The van der Waals surface area contributed by atoms with Crippen LogP contribution in [0.2, 0.25) is 0 Å².